The highest BCUT2D eigenvalue weighted by molar-refractivity contribution is 5.79. The summed E-state index contributed by atoms with van der Waals surface area (Å²) in [5, 5.41) is 10.7. The summed E-state index contributed by atoms with van der Waals surface area (Å²) in [6, 6.07) is 7.86. The van der Waals surface area contributed by atoms with Crippen molar-refractivity contribution in [2.75, 3.05) is 11.9 Å². The van der Waals surface area contributed by atoms with E-state index >= 15 is 0 Å². The van der Waals surface area contributed by atoms with E-state index in [2.05, 4.69) is 25.4 Å². The minimum atomic E-state index is 0.126. The van der Waals surface area contributed by atoms with E-state index in [-0.39, 0.29) is 12.0 Å². The predicted molar refractivity (Wildman–Crippen MR) is 96.4 cm³/mol. The molecule has 1 aliphatic carbocycles. The molecule has 3 heterocycles. The first-order valence-corrected chi connectivity index (χ1v) is 9.35. The lowest BCUT2D eigenvalue weighted by atomic mass is 9.88. The first-order chi connectivity index (χ1) is 12.3. The molecule has 0 aromatic carbocycles. The van der Waals surface area contributed by atoms with E-state index in [0.717, 1.165) is 49.6 Å². The maximum Gasteiger partial charge on any atom is 0.226 e. The van der Waals surface area contributed by atoms with E-state index in [4.69, 9.17) is 0 Å². The molecule has 2 fully saturated rings. The fraction of sp³-hybridized carbons (Fsp3) is 0.526. The Morgan fingerprint density at radius 1 is 1.12 bits per heavy atom. The summed E-state index contributed by atoms with van der Waals surface area (Å²) in [5.74, 6) is 2.08. The number of H-pyrrole nitrogens is 1. The third kappa shape index (κ3) is 3.52. The van der Waals surface area contributed by atoms with Crippen LogP contribution in [0, 0.1) is 5.92 Å². The van der Waals surface area contributed by atoms with Gasteiger partial charge in [-0.25, -0.2) is 4.98 Å². The van der Waals surface area contributed by atoms with Crippen LogP contribution in [0.5, 0.6) is 0 Å². The Hall–Kier alpha value is -2.37. The standard InChI is InChI=1S/C19H25N5O/c25-19(14-7-2-1-3-8-14)24-12-6-9-16(24)15-13-18(23-22-15)21-17-10-4-5-11-20-17/h4-5,10-11,13-14,16H,1-3,6-9,12H2,(H2,20,21,22,23)/t16-/m1/s1. The Morgan fingerprint density at radius 2 is 2.00 bits per heavy atom. The van der Waals surface area contributed by atoms with Gasteiger partial charge in [0.2, 0.25) is 5.91 Å². The molecule has 1 saturated carbocycles. The molecule has 1 saturated heterocycles. The van der Waals surface area contributed by atoms with Crippen molar-refractivity contribution in [2.24, 2.45) is 5.92 Å². The van der Waals surface area contributed by atoms with Gasteiger partial charge < -0.3 is 10.2 Å². The largest absolute Gasteiger partial charge is 0.334 e. The molecule has 6 heteroatoms. The molecular formula is C19H25N5O. The molecule has 2 aliphatic rings. The molecule has 6 nitrogen and oxygen atoms in total. The lowest BCUT2D eigenvalue weighted by Gasteiger charge is -2.30. The van der Waals surface area contributed by atoms with Gasteiger partial charge in [0, 0.05) is 24.7 Å². The van der Waals surface area contributed by atoms with E-state index in [0.29, 0.717) is 5.91 Å². The number of anilines is 2. The molecule has 1 aliphatic heterocycles. The van der Waals surface area contributed by atoms with Gasteiger partial charge in [-0.15, -0.1) is 0 Å². The fourth-order valence-electron chi connectivity index (χ4n) is 4.08. The molecule has 0 radical (unpaired) electrons. The Kier molecular flexibility index (Phi) is 4.68. The zero-order valence-corrected chi connectivity index (χ0v) is 14.4. The van der Waals surface area contributed by atoms with Gasteiger partial charge in [-0.1, -0.05) is 25.3 Å². The smallest absolute Gasteiger partial charge is 0.226 e. The number of likely N-dealkylation sites (tertiary alicyclic amines) is 1. The number of hydrogen-bond donors (Lipinski definition) is 2. The molecule has 132 valence electrons. The maximum atomic E-state index is 12.9. The summed E-state index contributed by atoms with van der Waals surface area (Å²) >= 11 is 0. The minimum absolute atomic E-state index is 0.126. The van der Waals surface area contributed by atoms with Crippen LogP contribution < -0.4 is 5.32 Å². The van der Waals surface area contributed by atoms with Crippen molar-refractivity contribution in [3.8, 4) is 0 Å². The third-order valence-corrected chi connectivity index (χ3v) is 5.37. The highest BCUT2D eigenvalue weighted by atomic mass is 16.2. The van der Waals surface area contributed by atoms with Crippen LogP contribution in [0.3, 0.4) is 0 Å². The molecule has 1 amide bonds. The molecular weight excluding hydrogens is 314 g/mol. The van der Waals surface area contributed by atoms with Crippen LogP contribution in [0.15, 0.2) is 30.5 Å². The zero-order chi connectivity index (χ0) is 17.1. The van der Waals surface area contributed by atoms with Crippen LogP contribution >= 0.6 is 0 Å². The second-order valence-electron chi connectivity index (χ2n) is 7.07. The number of pyridine rings is 1. The molecule has 25 heavy (non-hydrogen) atoms. The number of rotatable bonds is 4. The van der Waals surface area contributed by atoms with E-state index in [1.807, 2.05) is 24.3 Å². The summed E-state index contributed by atoms with van der Waals surface area (Å²) in [6.45, 7) is 0.863. The Morgan fingerprint density at radius 3 is 2.80 bits per heavy atom. The van der Waals surface area contributed by atoms with Crippen molar-refractivity contribution in [3.63, 3.8) is 0 Å². The van der Waals surface area contributed by atoms with E-state index in [1.165, 1.54) is 19.3 Å². The lowest BCUT2D eigenvalue weighted by molar-refractivity contribution is -0.137. The highest BCUT2D eigenvalue weighted by Gasteiger charge is 2.35. The lowest BCUT2D eigenvalue weighted by Crippen LogP contribution is -2.36. The second kappa shape index (κ2) is 7.25. The molecule has 4 rings (SSSR count). The number of nitrogens with zero attached hydrogens (tertiary/aromatic N) is 3. The summed E-state index contributed by atoms with van der Waals surface area (Å²) in [4.78, 5) is 19.3. The van der Waals surface area contributed by atoms with Crippen LogP contribution in [-0.4, -0.2) is 32.5 Å². The van der Waals surface area contributed by atoms with Crippen molar-refractivity contribution < 1.29 is 4.79 Å². The van der Waals surface area contributed by atoms with E-state index in [1.54, 1.807) is 6.20 Å². The molecule has 2 aromatic rings. The van der Waals surface area contributed by atoms with E-state index in [9.17, 15) is 4.79 Å². The number of aromatic amines is 1. The number of carbonyl (C=O) groups is 1. The maximum absolute atomic E-state index is 12.9. The second-order valence-corrected chi connectivity index (χ2v) is 7.07. The Balaban J connectivity index is 1.46. The molecule has 1 atom stereocenters. The molecule has 2 aromatic heterocycles. The normalized spacial score (nSPS) is 21.4. The molecule has 2 N–H and O–H groups in total. The number of nitrogens with one attached hydrogen (secondary N) is 2. The van der Waals surface area contributed by atoms with Crippen LogP contribution in [0.25, 0.3) is 0 Å². The predicted octanol–water partition coefficient (Wildman–Crippen LogP) is 3.79. The topological polar surface area (TPSA) is 73.9 Å². The molecule has 0 spiro atoms. The monoisotopic (exact) mass is 339 g/mol. The Labute approximate surface area is 148 Å². The van der Waals surface area contributed by atoms with Crippen LogP contribution in [0.2, 0.25) is 0 Å². The number of carbonyl (C=O) groups excluding carboxylic acids is 1. The van der Waals surface area contributed by atoms with E-state index < -0.39 is 0 Å². The third-order valence-electron chi connectivity index (χ3n) is 5.37. The molecule has 0 bridgehead atoms. The quantitative estimate of drug-likeness (QED) is 0.889. The number of amides is 1. The first-order valence-electron chi connectivity index (χ1n) is 9.35. The molecule has 0 unspecified atom stereocenters. The average molecular weight is 339 g/mol. The summed E-state index contributed by atoms with van der Waals surface area (Å²) in [7, 11) is 0. The first kappa shape index (κ1) is 16.1. The Bertz CT molecular complexity index is 708. The van der Waals surface area contributed by atoms with Crippen molar-refractivity contribution in [2.45, 2.75) is 51.0 Å². The summed E-state index contributed by atoms with van der Waals surface area (Å²) in [5.41, 5.74) is 1.01. The van der Waals surface area contributed by atoms with Gasteiger partial charge in [-0.3, -0.25) is 9.89 Å². The van der Waals surface area contributed by atoms with Crippen molar-refractivity contribution in [1.82, 2.24) is 20.1 Å². The number of hydrogen-bond acceptors (Lipinski definition) is 4. The van der Waals surface area contributed by atoms with Gasteiger partial charge in [0.05, 0.1) is 11.7 Å². The van der Waals surface area contributed by atoms with Crippen LogP contribution in [-0.2, 0) is 4.79 Å². The summed E-state index contributed by atoms with van der Waals surface area (Å²) in [6.07, 6.45) is 9.58. The van der Waals surface area contributed by atoms with Crippen LogP contribution in [0.1, 0.15) is 56.7 Å². The van der Waals surface area contributed by atoms with Gasteiger partial charge in [-0.05, 0) is 37.8 Å². The SMILES string of the molecule is O=C(C1CCCCC1)N1CCC[C@@H]1c1cc(Nc2ccccn2)n[nH]1. The van der Waals surface area contributed by atoms with Crippen molar-refractivity contribution >= 4 is 17.5 Å². The fourth-order valence-corrected chi connectivity index (χ4v) is 4.08. The van der Waals surface area contributed by atoms with Gasteiger partial charge in [0.25, 0.3) is 0 Å². The average Bonchev–Trinajstić information content (AvgIpc) is 3.32. The highest BCUT2D eigenvalue weighted by Crippen LogP contribution is 2.35. The minimum Gasteiger partial charge on any atom is -0.334 e. The summed E-state index contributed by atoms with van der Waals surface area (Å²) < 4.78 is 0. The van der Waals surface area contributed by atoms with Crippen LogP contribution in [0.4, 0.5) is 11.6 Å². The van der Waals surface area contributed by atoms with Crippen molar-refractivity contribution in [1.29, 1.82) is 0 Å². The number of aromatic nitrogens is 3. The van der Waals surface area contributed by atoms with Gasteiger partial charge >= 0.3 is 0 Å². The van der Waals surface area contributed by atoms with Gasteiger partial charge in [0.15, 0.2) is 5.82 Å². The van der Waals surface area contributed by atoms with Crippen molar-refractivity contribution in [3.05, 3.63) is 36.2 Å². The van der Waals surface area contributed by atoms with Gasteiger partial charge in [-0.2, -0.15) is 5.10 Å². The van der Waals surface area contributed by atoms with Gasteiger partial charge in [0.1, 0.15) is 5.82 Å². The zero-order valence-electron chi connectivity index (χ0n) is 14.4.